The van der Waals surface area contributed by atoms with Gasteiger partial charge < -0.3 is 15.1 Å². The molecule has 0 heterocycles. The number of nitrogens with one attached hydrogen (secondary N) is 1. The van der Waals surface area contributed by atoms with Gasteiger partial charge in [-0.2, -0.15) is 0 Å². The minimum absolute atomic E-state index is 0. The van der Waals surface area contributed by atoms with Crippen molar-refractivity contribution in [2.45, 2.75) is 13.1 Å². The Bertz CT molecular complexity index is 826. The van der Waals surface area contributed by atoms with Crippen LogP contribution in [0, 0.1) is 10.1 Å². The van der Waals surface area contributed by atoms with Crippen LogP contribution in [0.2, 0.25) is 0 Å². The molecule has 0 aliphatic rings. The van der Waals surface area contributed by atoms with Gasteiger partial charge in [-0.15, -0.1) is 24.0 Å². The third-order valence-corrected chi connectivity index (χ3v) is 4.08. The van der Waals surface area contributed by atoms with E-state index in [2.05, 4.69) is 10.3 Å². The summed E-state index contributed by atoms with van der Waals surface area (Å²) in [4.78, 5) is 30.3. The zero-order chi connectivity index (χ0) is 20.5. The van der Waals surface area contributed by atoms with Gasteiger partial charge in [-0.1, -0.05) is 42.5 Å². The van der Waals surface area contributed by atoms with Crippen LogP contribution in [0.3, 0.4) is 0 Å². The van der Waals surface area contributed by atoms with Gasteiger partial charge in [0, 0.05) is 39.8 Å². The maximum atomic E-state index is 11.9. The van der Waals surface area contributed by atoms with Gasteiger partial charge in [-0.05, 0) is 11.1 Å². The number of aliphatic imine (C=N–C) groups is 1. The zero-order valence-electron chi connectivity index (χ0n) is 16.7. The first kappa shape index (κ1) is 24.3. The number of rotatable bonds is 7. The minimum Gasteiger partial charge on any atom is -0.347 e. The van der Waals surface area contributed by atoms with E-state index in [9.17, 15) is 14.9 Å². The second-order valence-electron chi connectivity index (χ2n) is 6.55. The molecule has 0 radical (unpaired) electrons. The third kappa shape index (κ3) is 8.06. The molecule has 0 fully saturated rings. The third-order valence-electron chi connectivity index (χ3n) is 4.08. The van der Waals surface area contributed by atoms with Crippen molar-refractivity contribution in [2.24, 2.45) is 4.99 Å². The fourth-order valence-corrected chi connectivity index (χ4v) is 2.45. The fraction of sp³-hybridized carbons (Fsp3) is 0.300. The lowest BCUT2D eigenvalue weighted by Crippen LogP contribution is -2.43. The fourth-order valence-electron chi connectivity index (χ4n) is 2.45. The van der Waals surface area contributed by atoms with E-state index in [1.807, 2.05) is 42.3 Å². The van der Waals surface area contributed by atoms with Gasteiger partial charge in [0.2, 0.25) is 5.91 Å². The molecule has 9 heteroatoms. The number of guanidine groups is 1. The standard InChI is InChI=1S/C20H25N5O3.HI/c1-23(2)19(26)14-22-20(24(3)15-17-7-5-4-6-8-17)21-13-16-9-11-18(12-10-16)25(27)28;/h4-12H,13-15H2,1-3H3,(H,21,22);1H. The number of carbonyl (C=O) groups is 1. The van der Waals surface area contributed by atoms with Crippen LogP contribution in [0.15, 0.2) is 59.6 Å². The molecule has 0 saturated heterocycles. The minimum atomic E-state index is -0.430. The number of hydrogen-bond donors (Lipinski definition) is 1. The number of halogens is 1. The van der Waals surface area contributed by atoms with Crippen molar-refractivity contribution in [1.29, 1.82) is 0 Å². The number of carbonyl (C=O) groups excluding carboxylic acids is 1. The van der Waals surface area contributed by atoms with E-state index in [0.29, 0.717) is 19.0 Å². The molecule has 29 heavy (non-hydrogen) atoms. The van der Waals surface area contributed by atoms with Crippen LogP contribution in [0.1, 0.15) is 11.1 Å². The summed E-state index contributed by atoms with van der Waals surface area (Å²) >= 11 is 0. The van der Waals surface area contributed by atoms with Crippen LogP contribution < -0.4 is 5.32 Å². The average Bonchev–Trinajstić information content (AvgIpc) is 2.68. The van der Waals surface area contributed by atoms with Crippen molar-refractivity contribution < 1.29 is 9.72 Å². The van der Waals surface area contributed by atoms with E-state index in [1.165, 1.54) is 17.0 Å². The molecule has 0 atom stereocenters. The molecule has 2 aromatic carbocycles. The molecule has 0 aliphatic heterocycles. The van der Waals surface area contributed by atoms with Gasteiger partial charge in [0.1, 0.15) is 0 Å². The number of amides is 1. The normalized spacial score (nSPS) is 10.7. The maximum Gasteiger partial charge on any atom is 0.269 e. The zero-order valence-corrected chi connectivity index (χ0v) is 19.1. The summed E-state index contributed by atoms with van der Waals surface area (Å²) in [5.41, 5.74) is 2.01. The van der Waals surface area contributed by atoms with Crippen LogP contribution in [0.4, 0.5) is 5.69 Å². The number of nitro groups is 1. The van der Waals surface area contributed by atoms with Gasteiger partial charge in [-0.25, -0.2) is 4.99 Å². The Morgan fingerprint density at radius 3 is 2.21 bits per heavy atom. The maximum absolute atomic E-state index is 11.9. The molecule has 8 nitrogen and oxygen atoms in total. The first-order chi connectivity index (χ1) is 13.4. The summed E-state index contributed by atoms with van der Waals surface area (Å²) in [6, 6.07) is 16.2. The summed E-state index contributed by atoms with van der Waals surface area (Å²) < 4.78 is 0. The highest BCUT2D eigenvalue weighted by Crippen LogP contribution is 2.13. The Balaban J connectivity index is 0.00000420. The second kappa shape index (κ2) is 12.0. The van der Waals surface area contributed by atoms with E-state index >= 15 is 0 Å². The predicted octanol–water partition coefficient (Wildman–Crippen LogP) is 2.88. The Kier molecular flexibility index (Phi) is 10.1. The van der Waals surface area contributed by atoms with Gasteiger partial charge in [0.15, 0.2) is 5.96 Å². The number of nitrogens with zero attached hydrogens (tertiary/aromatic N) is 4. The summed E-state index contributed by atoms with van der Waals surface area (Å²) in [6.07, 6.45) is 0. The number of non-ortho nitro benzene ring substituents is 1. The number of nitro benzene ring substituents is 1. The van der Waals surface area contributed by atoms with E-state index < -0.39 is 4.92 Å². The highest BCUT2D eigenvalue weighted by atomic mass is 127. The molecule has 156 valence electrons. The number of benzene rings is 2. The molecule has 0 spiro atoms. The van der Waals surface area contributed by atoms with E-state index in [1.54, 1.807) is 26.2 Å². The van der Waals surface area contributed by atoms with Crippen molar-refractivity contribution in [1.82, 2.24) is 15.1 Å². The lowest BCUT2D eigenvalue weighted by molar-refractivity contribution is -0.384. The topological polar surface area (TPSA) is 91.1 Å². The first-order valence-corrected chi connectivity index (χ1v) is 8.83. The van der Waals surface area contributed by atoms with E-state index in [4.69, 9.17) is 0 Å². The molecular formula is C20H26IN5O3. The van der Waals surface area contributed by atoms with Crippen LogP contribution in [0.25, 0.3) is 0 Å². The van der Waals surface area contributed by atoms with Crippen molar-refractivity contribution in [3.63, 3.8) is 0 Å². The van der Waals surface area contributed by atoms with E-state index in [0.717, 1.165) is 11.1 Å². The number of hydrogen-bond acceptors (Lipinski definition) is 4. The van der Waals surface area contributed by atoms with Crippen LogP contribution in [0.5, 0.6) is 0 Å². The Hall–Kier alpha value is -2.69. The lowest BCUT2D eigenvalue weighted by Gasteiger charge is -2.23. The van der Waals surface area contributed by atoms with Crippen molar-refractivity contribution >= 4 is 41.5 Å². The molecule has 0 aliphatic carbocycles. The summed E-state index contributed by atoms with van der Waals surface area (Å²) in [7, 11) is 5.30. The summed E-state index contributed by atoms with van der Waals surface area (Å²) in [5.74, 6) is 0.522. The highest BCUT2D eigenvalue weighted by molar-refractivity contribution is 14.0. The summed E-state index contributed by atoms with van der Waals surface area (Å²) in [5, 5.41) is 13.9. The Morgan fingerprint density at radius 2 is 1.66 bits per heavy atom. The van der Waals surface area contributed by atoms with Crippen LogP contribution in [-0.4, -0.2) is 54.3 Å². The first-order valence-electron chi connectivity index (χ1n) is 8.83. The van der Waals surface area contributed by atoms with Gasteiger partial charge >= 0.3 is 0 Å². The Morgan fingerprint density at radius 1 is 1.03 bits per heavy atom. The molecular weight excluding hydrogens is 485 g/mol. The molecule has 1 N–H and O–H groups in total. The van der Waals surface area contributed by atoms with Crippen molar-refractivity contribution in [2.75, 3.05) is 27.7 Å². The average molecular weight is 511 g/mol. The molecule has 0 unspecified atom stereocenters. The molecule has 1 amide bonds. The van der Waals surface area contributed by atoms with Gasteiger partial charge in [0.25, 0.3) is 5.69 Å². The smallest absolute Gasteiger partial charge is 0.269 e. The van der Waals surface area contributed by atoms with Crippen molar-refractivity contribution in [3.05, 3.63) is 75.8 Å². The highest BCUT2D eigenvalue weighted by Gasteiger charge is 2.11. The SMILES string of the molecule is CN(C)C(=O)CNC(=NCc1ccc([N+](=O)[O-])cc1)N(C)Cc1ccccc1.I. The molecule has 0 bridgehead atoms. The largest absolute Gasteiger partial charge is 0.347 e. The lowest BCUT2D eigenvalue weighted by atomic mass is 10.2. The van der Waals surface area contributed by atoms with Crippen LogP contribution >= 0.6 is 24.0 Å². The quantitative estimate of drug-likeness (QED) is 0.203. The molecule has 0 saturated carbocycles. The Labute approximate surface area is 187 Å². The molecule has 2 aromatic rings. The monoisotopic (exact) mass is 511 g/mol. The van der Waals surface area contributed by atoms with Gasteiger partial charge in [0.05, 0.1) is 18.0 Å². The number of likely N-dealkylation sites (N-methyl/N-ethyl adjacent to an activating group) is 1. The van der Waals surface area contributed by atoms with E-state index in [-0.39, 0.29) is 42.1 Å². The second-order valence-corrected chi connectivity index (χ2v) is 6.55. The predicted molar refractivity (Wildman–Crippen MR) is 124 cm³/mol. The molecule has 0 aromatic heterocycles. The summed E-state index contributed by atoms with van der Waals surface area (Å²) in [6.45, 7) is 1.10. The van der Waals surface area contributed by atoms with Gasteiger partial charge in [-0.3, -0.25) is 14.9 Å². The van der Waals surface area contributed by atoms with Crippen LogP contribution in [-0.2, 0) is 17.9 Å². The molecule has 2 rings (SSSR count). The van der Waals surface area contributed by atoms with Crippen molar-refractivity contribution in [3.8, 4) is 0 Å².